The molecule has 0 aliphatic heterocycles. The van der Waals surface area contributed by atoms with Crippen LogP contribution in [0.3, 0.4) is 0 Å². The Kier molecular flexibility index (Phi) is 4.28. The second-order valence-corrected chi connectivity index (χ2v) is 6.95. The molecular formula is C24H21NO2. The van der Waals surface area contributed by atoms with Crippen molar-refractivity contribution in [3.63, 3.8) is 0 Å². The summed E-state index contributed by atoms with van der Waals surface area (Å²) in [7, 11) is 0. The van der Waals surface area contributed by atoms with Gasteiger partial charge in [0.05, 0.1) is 12.2 Å². The Morgan fingerprint density at radius 3 is 2.19 bits per heavy atom. The molecule has 0 aliphatic rings. The highest BCUT2D eigenvalue weighted by Crippen LogP contribution is 2.30. The molecule has 1 heterocycles. The van der Waals surface area contributed by atoms with Crippen molar-refractivity contribution in [3.05, 3.63) is 99.8 Å². The molecule has 0 aliphatic carbocycles. The van der Waals surface area contributed by atoms with Gasteiger partial charge in [0.1, 0.15) is 5.75 Å². The minimum Gasteiger partial charge on any atom is -0.507 e. The highest BCUT2D eigenvalue weighted by atomic mass is 16.3. The number of benzene rings is 3. The first-order valence-corrected chi connectivity index (χ1v) is 9.01. The number of aromatic nitrogens is 1. The molecule has 0 saturated heterocycles. The van der Waals surface area contributed by atoms with Gasteiger partial charge in [-0.2, -0.15) is 0 Å². The topological polar surface area (TPSA) is 42.2 Å². The van der Waals surface area contributed by atoms with Gasteiger partial charge in [0.25, 0.3) is 5.56 Å². The van der Waals surface area contributed by atoms with Gasteiger partial charge in [0.15, 0.2) is 0 Å². The Balaban J connectivity index is 2.01. The van der Waals surface area contributed by atoms with Crippen molar-refractivity contribution in [2.24, 2.45) is 0 Å². The second-order valence-electron chi connectivity index (χ2n) is 6.95. The monoisotopic (exact) mass is 355 g/mol. The number of rotatable bonds is 3. The number of phenolic OH excluding ortho intramolecular Hbond substituents is 1. The van der Waals surface area contributed by atoms with Crippen molar-refractivity contribution in [1.82, 2.24) is 4.57 Å². The van der Waals surface area contributed by atoms with E-state index in [9.17, 15) is 9.90 Å². The summed E-state index contributed by atoms with van der Waals surface area (Å²) in [6, 6.07) is 23.6. The van der Waals surface area contributed by atoms with Crippen LogP contribution >= 0.6 is 0 Å². The van der Waals surface area contributed by atoms with E-state index in [1.54, 1.807) is 0 Å². The molecule has 0 spiro atoms. The summed E-state index contributed by atoms with van der Waals surface area (Å²) in [5.41, 5.74) is 4.46. The normalized spacial score (nSPS) is 11.0. The molecule has 0 unspecified atom stereocenters. The third kappa shape index (κ3) is 3.13. The minimum absolute atomic E-state index is 0.00432. The van der Waals surface area contributed by atoms with Gasteiger partial charge in [-0.3, -0.25) is 4.79 Å². The molecule has 134 valence electrons. The van der Waals surface area contributed by atoms with E-state index in [2.05, 4.69) is 6.07 Å². The number of hydrogen-bond acceptors (Lipinski definition) is 2. The van der Waals surface area contributed by atoms with Crippen LogP contribution in [0.4, 0.5) is 0 Å². The number of pyridine rings is 1. The fourth-order valence-corrected chi connectivity index (χ4v) is 3.56. The van der Waals surface area contributed by atoms with E-state index in [4.69, 9.17) is 0 Å². The number of fused-ring (bicyclic) bond motifs is 1. The number of aromatic hydroxyl groups is 1. The van der Waals surface area contributed by atoms with Crippen LogP contribution in [-0.4, -0.2) is 9.67 Å². The molecule has 4 rings (SSSR count). The summed E-state index contributed by atoms with van der Waals surface area (Å²) in [6.45, 7) is 4.26. The van der Waals surface area contributed by atoms with E-state index < -0.39 is 0 Å². The highest BCUT2D eigenvalue weighted by molar-refractivity contribution is 5.85. The van der Waals surface area contributed by atoms with Gasteiger partial charge >= 0.3 is 0 Å². The average Bonchev–Trinajstić information content (AvgIpc) is 2.68. The quantitative estimate of drug-likeness (QED) is 0.559. The van der Waals surface area contributed by atoms with Crippen molar-refractivity contribution >= 4 is 10.8 Å². The fourth-order valence-electron chi connectivity index (χ4n) is 3.56. The predicted octanol–water partition coefficient (Wildman–Crippen LogP) is 5.04. The number of hydrogen-bond donors (Lipinski definition) is 1. The van der Waals surface area contributed by atoms with E-state index in [1.165, 1.54) is 0 Å². The van der Waals surface area contributed by atoms with Crippen LogP contribution in [0.15, 0.2) is 77.6 Å². The van der Waals surface area contributed by atoms with Crippen LogP contribution in [0.5, 0.6) is 5.75 Å². The first kappa shape index (κ1) is 17.1. The van der Waals surface area contributed by atoms with Gasteiger partial charge in [-0.15, -0.1) is 0 Å². The molecule has 3 heteroatoms. The van der Waals surface area contributed by atoms with Gasteiger partial charge in [-0.1, -0.05) is 48.5 Å². The summed E-state index contributed by atoms with van der Waals surface area (Å²) in [5.74, 6) is 0.302. The van der Waals surface area contributed by atoms with Crippen molar-refractivity contribution in [3.8, 4) is 17.0 Å². The van der Waals surface area contributed by atoms with Crippen LogP contribution < -0.4 is 5.56 Å². The Bertz CT molecular complexity index is 1170. The maximum absolute atomic E-state index is 13.3. The van der Waals surface area contributed by atoms with Crippen molar-refractivity contribution in [2.45, 2.75) is 20.4 Å². The largest absolute Gasteiger partial charge is 0.507 e. The van der Waals surface area contributed by atoms with E-state index in [0.29, 0.717) is 17.7 Å². The molecule has 4 aromatic rings. The SMILES string of the molecule is Cc1cc(-c2cc3ccccc3c(=O)n2Cc2ccccc2)cc(C)c1O. The van der Waals surface area contributed by atoms with Crippen molar-refractivity contribution in [1.29, 1.82) is 0 Å². The Labute approximate surface area is 158 Å². The molecule has 0 amide bonds. The van der Waals surface area contributed by atoms with Crippen LogP contribution in [0, 0.1) is 13.8 Å². The van der Waals surface area contributed by atoms with Gasteiger partial charge in [-0.25, -0.2) is 0 Å². The molecular weight excluding hydrogens is 334 g/mol. The van der Waals surface area contributed by atoms with Crippen LogP contribution in [-0.2, 0) is 6.54 Å². The minimum atomic E-state index is -0.00432. The number of phenols is 1. The third-order valence-corrected chi connectivity index (χ3v) is 4.99. The van der Waals surface area contributed by atoms with E-state index in [0.717, 1.165) is 33.3 Å². The van der Waals surface area contributed by atoms with Crippen molar-refractivity contribution in [2.75, 3.05) is 0 Å². The molecule has 3 nitrogen and oxygen atoms in total. The van der Waals surface area contributed by atoms with Gasteiger partial charge in [-0.05, 0) is 65.8 Å². The highest BCUT2D eigenvalue weighted by Gasteiger charge is 2.13. The lowest BCUT2D eigenvalue weighted by molar-refractivity contribution is 0.467. The first-order valence-electron chi connectivity index (χ1n) is 9.01. The third-order valence-electron chi connectivity index (χ3n) is 4.99. The van der Waals surface area contributed by atoms with Gasteiger partial charge in [0, 0.05) is 5.39 Å². The predicted molar refractivity (Wildman–Crippen MR) is 110 cm³/mol. The zero-order valence-electron chi connectivity index (χ0n) is 15.4. The molecule has 0 bridgehead atoms. The molecule has 1 N–H and O–H groups in total. The molecule has 1 aromatic heterocycles. The molecule has 27 heavy (non-hydrogen) atoms. The molecule has 0 radical (unpaired) electrons. The van der Waals surface area contributed by atoms with Crippen LogP contribution in [0.2, 0.25) is 0 Å². The first-order chi connectivity index (χ1) is 13.0. The summed E-state index contributed by atoms with van der Waals surface area (Å²) in [5, 5.41) is 11.8. The van der Waals surface area contributed by atoms with Gasteiger partial charge < -0.3 is 9.67 Å². The zero-order valence-corrected chi connectivity index (χ0v) is 15.4. The summed E-state index contributed by atoms with van der Waals surface area (Å²) in [6.07, 6.45) is 0. The lowest BCUT2D eigenvalue weighted by Crippen LogP contribution is -2.22. The summed E-state index contributed by atoms with van der Waals surface area (Å²) >= 11 is 0. The van der Waals surface area contributed by atoms with E-state index >= 15 is 0 Å². The van der Waals surface area contributed by atoms with Crippen LogP contribution in [0.1, 0.15) is 16.7 Å². The fraction of sp³-hybridized carbons (Fsp3) is 0.125. The molecule has 0 fully saturated rings. The van der Waals surface area contributed by atoms with Crippen LogP contribution in [0.25, 0.3) is 22.0 Å². The Hall–Kier alpha value is -3.33. The smallest absolute Gasteiger partial charge is 0.259 e. The summed E-state index contributed by atoms with van der Waals surface area (Å²) in [4.78, 5) is 13.3. The number of aryl methyl sites for hydroxylation is 2. The second kappa shape index (κ2) is 6.76. The van der Waals surface area contributed by atoms with Crippen molar-refractivity contribution < 1.29 is 5.11 Å². The van der Waals surface area contributed by atoms with E-state index in [-0.39, 0.29) is 5.56 Å². The summed E-state index contributed by atoms with van der Waals surface area (Å²) < 4.78 is 1.82. The maximum Gasteiger partial charge on any atom is 0.259 e. The molecule has 3 aromatic carbocycles. The Morgan fingerprint density at radius 2 is 1.48 bits per heavy atom. The molecule has 0 saturated carbocycles. The Morgan fingerprint density at radius 1 is 0.852 bits per heavy atom. The van der Waals surface area contributed by atoms with Gasteiger partial charge in [0.2, 0.25) is 0 Å². The maximum atomic E-state index is 13.3. The standard InChI is InChI=1S/C24H21NO2/c1-16-12-20(13-17(2)23(16)26)22-14-19-10-6-7-11-21(19)24(27)25(22)15-18-8-4-3-5-9-18/h3-14,26H,15H2,1-2H3. The number of nitrogens with zero attached hydrogens (tertiary/aromatic N) is 1. The lowest BCUT2D eigenvalue weighted by Gasteiger charge is -2.16. The lowest BCUT2D eigenvalue weighted by atomic mass is 10.0. The van der Waals surface area contributed by atoms with E-state index in [1.807, 2.05) is 85.1 Å². The zero-order chi connectivity index (χ0) is 19.0. The average molecular weight is 355 g/mol. The molecule has 0 atom stereocenters.